The van der Waals surface area contributed by atoms with Crippen molar-refractivity contribution in [1.29, 1.82) is 0 Å². The molecule has 2 aromatic carbocycles. The van der Waals surface area contributed by atoms with Gasteiger partial charge in [0.1, 0.15) is 11.5 Å². The summed E-state index contributed by atoms with van der Waals surface area (Å²) >= 11 is 1.40. The first-order chi connectivity index (χ1) is 13.1. The second kappa shape index (κ2) is 7.28. The Hall–Kier alpha value is -3.07. The molecule has 0 saturated heterocycles. The summed E-state index contributed by atoms with van der Waals surface area (Å²) in [5.41, 5.74) is 0.780. The fraction of sp³-hybridized carbons (Fsp3) is 0.167. The van der Waals surface area contributed by atoms with E-state index in [1.165, 1.54) is 28.5 Å². The average molecular weight is 386 g/mol. The first-order valence-corrected chi connectivity index (χ1v) is 9.06. The summed E-state index contributed by atoms with van der Waals surface area (Å²) in [5, 5.41) is 11.2. The summed E-state index contributed by atoms with van der Waals surface area (Å²) in [4.78, 5) is 13.4. The number of nitrogens with zero attached hydrogens (tertiary/aromatic N) is 3. The lowest BCUT2D eigenvalue weighted by atomic mass is 10.3. The number of aromatic nitrogens is 3. The van der Waals surface area contributed by atoms with Crippen LogP contribution in [-0.4, -0.2) is 21.6 Å². The van der Waals surface area contributed by atoms with Crippen LogP contribution < -0.4 is 20.3 Å². The van der Waals surface area contributed by atoms with Crippen molar-refractivity contribution in [2.45, 2.75) is 10.6 Å². The summed E-state index contributed by atoms with van der Waals surface area (Å²) < 4.78 is 25.0. The molecule has 0 fully saturated rings. The highest BCUT2D eigenvalue weighted by Gasteiger charge is 2.15. The van der Waals surface area contributed by atoms with Crippen LogP contribution >= 0.6 is 11.8 Å². The number of ether oxygens (including phenoxy) is 2. The van der Waals surface area contributed by atoms with Crippen molar-refractivity contribution in [3.05, 3.63) is 64.3 Å². The second-order valence-electron chi connectivity index (χ2n) is 5.77. The molecule has 2 heterocycles. The highest BCUT2D eigenvalue weighted by Crippen LogP contribution is 2.34. The van der Waals surface area contributed by atoms with Gasteiger partial charge in [-0.25, -0.2) is 4.39 Å². The molecular weight excluding hydrogens is 371 g/mol. The fourth-order valence-electron chi connectivity index (χ4n) is 2.49. The van der Waals surface area contributed by atoms with Crippen molar-refractivity contribution in [3.8, 4) is 11.5 Å². The largest absolute Gasteiger partial charge is 0.454 e. The van der Waals surface area contributed by atoms with Crippen LogP contribution in [0.2, 0.25) is 0 Å². The van der Waals surface area contributed by atoms with Crippen molar-refractivity contribution in [2.24, 2.45) is 7.05 Å². The van der Waals surface area contributed by atoms with Crippen molar-refractivity contribution in [1.82, 2.24) is 14.8 Å². The summed E-state index contributed by atoms with van der Waals surface area (Å²) in [7, 11) is 1.62. The third kappa shape index (κ3) is 3.72. The van der Waals surface area contributed by atoms with Gasteiger partial charge in [-0.2, -0.15) is 0 Å². The van der Waals surface area contributed by atoms with Gasteiger partial charge in [-0.1, -0.05) is 0 Å². The van der Waals surface area contributed by atoms with Gasteiger partial charge in [-0.15, -0.1) is 22.0 Å². The molecule has 1 aliphatic heterocycles. The molecule has 7 nitrogen and oxygen atoms in total. The summed E-state index contributed by atoms with van der Waals surface area (Å²) in [6.45, 7) is 0.192. The van der Waals surface area contributed by atoms with Crippen LogP contribution in [0.4, 0.5) is 16.0 Å². The smallest absolute Gasteiger partial charge is 0.277 e. The summed E-state index contributed by atoms with van der Waals surface area (Å²) in [5.74, 6) is 1.66. The predicted molar refractivity (Wildman–Crippen MR) is 99.1 cm³/mol. The molecule has 1 aromatic heterocycles. The number of anilines is 2. The Bertz CT molecular complexity index is 1040. The molecule has 0 aliphatic carbocycles. The van der Waals surface area contributed by atoms with E-state index in [9.17, 15) is 9.18 Å². The van der Waals surface area contributed by atoms with Gasteiger partial charge in [-0.3, -0.25) is 9.36 Å². The molecule has 1 aliphatic rings. The van der Waals surface area contributed by atoms with Crippen LogP contribution in [0.3, 0.4) is 0 Å². The SMILES string of the molecule is Cn1c(Nc2ccc3c(c2)OCO3)nnc(CSc2ccc(F)cc2)c1=O. The van der Waals surface area contributed by atoms with E-state index in [4.69, 9.17) is 9.47 Å². The highest BCUT2D eigenvalue weighted by atomic mass is 32.2. The quantitative estimate of drug-likeness (QED) is 0.675. The third-order valence-corrected chi connectivity index (χ3v) is 4.98. The van der Waals surface area contributed by atoms with Crippen molar-refractivity contribution in [2.75, 3.05) is 12.1 Å². The minimum atomic E-state index is -0.297. The van der Waals surface area contributed by atoms with Crippen LogP contribution in [-0.2, 0) is 12.8 Å². The molecule has 0 amide bonds. The van der Waals surface area contributed by atoms with E-state index >= 15 is 0 Å². The van der Waals surface area contributed by atoms with Crippen LogP contribution in [0.15, 0.2) is 52.2 Å². The second-order valence-corrected chi connectivity index (χ2v) is 6.82. The molecule has 0 spiro atoms. The zero-order valence-corrected chi connectivity index (χ0v) is 15.1. The lowest BCUT2D eigenvalue weighted by molar-refractivity contribution is 0.174. The number of fused-ring (bicyclic) bond motifs is 1. The molecular formula is C18H15FN4O3S. The number of hydrogen-bond donors (Lipinski definition) is 1. The van der Waals surface area contributed by atoms with Crippen molar-refractivity contribution < 1.29 is 13.9 Å². The lowest BCUT2D eigenvalue weighted by Crippen LogP contribution is -2.26. The van der Waals surface area contributed by atoms with Gasteiger partial charge in [0, 0.05) is 29.4 Å². The number of nitrogens with one attached hydrogen (secondary N) is 1. The van der Waals surface area contributed by atoms with E-state index in [2.05, 4.69) is 15.5 Å². The lowest BCUT2D eigenvalue weighted by Gasteiger charge is -2.10. The molecule has 9 heteroatoms. The van der Waals surface area contributed by atoms with E-state index < -0.39 is 0 Å². The Balaban J connectivity index is 1.50. The minimum Gasteiger partial charge on any atom is -0.454 e. The van der Waals surface area contributed by atoms with Gasteiger partial charge in [0.2, 0.25) is 12.7 Å². The van der Waals surface area contributed by atoms with E-state index in [0.29, 0.717) is 34.6 Å². The van der Waals surface area contributed by atoms with Crippen molar-refractivity contribution in [3.63, 3.8) is 0 Å². The number of halogens is 1. The number of benzene rings is 2. The molecule has 0 bridgehead atoms. The van der Waals surface area contributed by atoms with Crippen LogP contribution in [0.1, 0.15) is 5.69 Å². The standard InChI is InChI=1S/C18H15FN4O3S/c1-23-17(24)14(9-27-13-5-2-11(19)3-6-13)21-22-18(23)20-12-4-7-15-16(8-12)26-10-25-15/h2-8H,9-10H2,1H3,(H,20,22). The predicted octanol–water partition coefficient (Wildman–Crippen LogP) is 3.08. The van der Waals surface area contributed by atoms with E-state index in [1.807, 2.05) is 0 Å². The summed E-state index contributed by atoms with van der Waals surface area (Å²) in [6, 6.07) is 11.4. The molecule has 0 unspecified atom stereocenters. The molecule has 0 radical (unpaired) electrons. The van der Waals surface area contributed by atoms with E-state index in [-0.39, 0.29) is 18.2 Å². The maximum Gasteiger partial charge on any atom is 0.277 e. The monoisotopic (exact) mass is 386 g/mol. The Labute approximate surface area is 158 Å². The molecule has 0 saturated carbocycles. The molecule has 27 heavy (non-hydrogen) atoms. The number of hydrogen-bond acceptors (Lipinski definition) is 7. The molecule has 4 rings (SSSR count). The van der Waals surface area contributed by atoms with E-state index in [0.717, 1.165) is 4.90 Å². The van der Waals surface area contributed by atoms with Gasteiger partial charge in [-0.05, 0) is 36.4 Å². The number of thioether (sulfide) groups is 1. The maximum absolute atomic E-state index is 13.0. The van der Waals surface area contributed by atoms with Gasteiger partial charge < -0.3 is 14.8 Å². The first kappa shape index (κ1) is 17.3. The molecule has 1 N–H and O–H groups in total. The average Bonchev–Trinajstić information content (AvgIpc) is 3.14. The van der Waals surface area contributed by atoms with Gasteiger partial charge >= 0.3 is 0 Å². The maximum atomic E-state index is 13.0. The normalized spacial score (nSPS) is 12.2. The van der Waals surface area contributed by atoms with Crippen LogP contribution in [0.25, 0.3) is 0 Å². The minimum absolute atomic E-state index is 0.192. The van der Waals surface area contributed by atoms with Gasteiger partial charge in [0.05, 0.1) is 0 Å². The Kier molecular flexibility index (Phi) is 4.68. The topological polar surface area (TPSA) is 78.3 Å². The van der Waals surface area contributed by atoms with Crippen LogP contribution in [0, 0.1) is 5.82 Å². The Morgan fingerprint density at radius 3 is 2.74 bits per heavy atom. The van der Waals surface area contributed by atoms with Crippen LogP contribution in [0.5, 0.6) is 11.5 Å². The van der Waals surface area contributed by atoms with Gasteiger partial charge in [0.15, 0.2) is 11.5 Å². The van der Waals surface area contributed by atoms with Crippen molar-refractivity contribution >= 4 is 23.4 Å². The fourth-order valence-corrected chi connectivity index (χ4v) is 3.31. The van der Waals surface area contributed by atoms with E-state index in [1.54, 1.807) is 37.4 Å². The summed E-state index contributed by atoms with van der Waals surface area (Å²) in [6.07, 6.45) is 0. The zero-order chi connectivity index (χ0) is 18.8. The Morgan fingerprint density at radius 2 is 1.93 bits per heavy atom. The van der Waals surface area contributed by atoms with Gasteiger partial charge in [0.25, 0.3) is 5.56 Å². The molecule has 138 valence electrons. The number of rotatable bonds is 5. The third-order valence-electron chi connectivity index (χ3n) is 3.95. The molecule has 0 atom stereocenters. The first-order valence-electron chi connectivity index (χ1n) is 8.08. The Morgan fingerprint density at radius 1 is 1.15 bits per heavy atom. The highest BCUT2D eigenvalue weighted by molar-refractivity contribution is 7.98. The molecule has 3 aromatic rings. The zero-order valence-electron chi connectivity index (χ0n) is 14.3.